The first-order valence-electron chi connectivity index (χ1n) is 8.36. The number of nitrogens with zero attached hydrogens (tertiary/aromatic N) is 4. The van der Waals surface area contributed by atoms with Crippen LogP contribution in [0.4, 0.5) is 16.4 Å². The van der Waals surface area contributed by atoms with Crippen molar-refractivity contribution < 1.29 is 4.79 Å². The second-order valence-electron chi connectivity index (χ2n) is 7.22. The van der Waals surface area contributed by atoms with Crippen molar-refractivity contribution in [3.63, 3.8) is 0 Å². The van der Waals surface area contributed by atoms with Gasteiger partial charge in [0.15, 0.2) is 0 Å². The van der Waals surface area contributed by atoms with Crippen molar-refractivity contribution in [2.75, 3.05) is 57.5 Å². The summed E-state index contributed by atoms with van der Waals surface area (Å²) in [7, 11) is 6.07. The topological polar surface area (TPSA) is 51.7 Å². The van der Waals surface area contributed by atoms with E-state index in [0.29, 0.717) is 11.2 Å². The predicted octanol–water partition coefficient (Wildman–Crippen LogP) is 2.10. The van der Waals surface area contributed by atoms with Crippen LogP contribution in [0.3, 0.4) is 0 Å². The Balaban J connectivity index is 1.62. The Labute approximate surface area is 138 Å². The van der Waals surface area contributed by atoms with Gasteiger partial charge in [0.25, 0.3) is 0 Å². The van der Waals surface area contributed by atoms with Gasteiger partial charge in [-0.05, 0) is 45.0 Å². The average Bonchev–Trinajstić information content (AvgIpc) is 2.91. The fraction of sp³-hybridized carbons (Fsp3) is 0.647. The normalized spacial score (nSPS) is 24.9. The highest BCUT2D eigenvalue weighted by Gasteiger charge is 2.42. The van der Waals surface area contributed by atoms with Crippen molar-refractivity contribution in [2.45, 2.75) is 19.3 Å². The third-order valence-electron chi connectivity index (χ3n) is 5.01. The van der Waals surface area contributed by atoms with Gasteiger partial charge in [0, 0.05) is 39.1 Å². The van der Waals surface area contributed by atoms with Crippen molar-refractivity contribution in [1.29, 1.82) is 0 Å². The standard InChI is InChI=1S/C17H27N5O/c1-20(2)15-7-4-6-14(18-15)19-16(23)22-11-9-17(13-22)8-5-10-21(3)12-17/h4,6-7H,5,8-13H2,1-3H3,(H,18,19,23). The summed E-state index contributed by atoms with van der Waals surface area (Å²) in [5, 5.41) is 2.95. The first-order valence-corrected chi connectivity index (χ1v) is 8.36. The number of pyridine rings is 1. The number of hydrogen-bond donors (Lipinski definition) is 1. The van der Waals surface area contributed by atoms with Crippen LogP contribution in [0, 0.1) is 5.41 Å². The maximum atomic E-state index is 12.6. The number of rotatable bonds is 2. The van der Waals surface area contributed by atoms with Crippen LogP contribution in [0.15, 0.2) is 18.2 Å². The van der Waals surface area contributed by atoms with Gasteiger partial charge in [-0.25, -0.2) is 9.78 Å². The number of carbonyl (C=O) groups is 1. The Kier molecular flexibility index (Phi) is 4.43. The molecule has 6 heteroatoms. The van der Waals surface area contributed by atoms with Crippen LogP contribution < -0.4 is 10.2 Å². The van der Waals surface area contributed by atoms with Crippen molar-refractivity contribution >= 4 is 17.7 Å². The van der Waals surface area contributed by atoms with Crippen LogP contribution in [0.5, 0.6) is 0 Å². The number of urea groups is 1. The minimum Gasteiger partial charge on any atom is -0.363 e. The molecule has 6 nitrogen and oxygen atoms in total. The number of carbonyl (C=O) groups excluding carboxylic acids is 1. The van der Waals surface area contributed by atoms with Crippen LogP contribution >= 0.6 is 0 Å². The van der Waals surface area contributed by atoms with Crippen LogP contribution in [0.2, 0.25) is 0 Å². The zero-order valence-corrected chi connectivity index (χ0v) is 14.4. The van der Waals surface area contributed by atoms with E-state index in [1.165, 1.54) is 19.4 Å². The molecule has 2 aliphatic rings. The van der Waals surface area contributed by atoms with E-state index in [9.17, 15) is 4.79 Å². The quantitative estimate of drug-likeness (QED) is 0.907. The molecule has 0 aliphatic carbocycles. The van der Waals surface area contributed by atoms with E-state index in [1.807, 2.05) is 42.1 Å². The fourth-order valence-electron chi connectivity index (χ4n) is 3.83. The third-order valence-corrected chi connectivity index (χ3v) is 5.01. The smallest absolute Gasteiger partial charge is 0.323 e. The molecule has 1 atom stereocenters. The molecular formula is C17H27N5O. The molecule has 1 spiro atoms. The summed E-state index contributed by atoms with van der Waals surface area (Å²) in [6.07, 6.45) is 3.57. The van der Waals surface area contributed by atoms with Crippen LogP contribution in [0.1, 0.15) is 19.3 Å². The number of hydrogen-bond acceptors (Lipinski definition) is 4. The van der Waals surface area contributed by atoms with Gasteiger partial charge in [0.05, 0.1) is 0 Å². The molecule has 2 saturated heterocycles. The summed E-state index contributed by atoms with van der Waals surface area (Å²) in [6, 6.07) is 5.65. The molecule has 2 amide bonds. The number of piperidine rings is 1. The molecule has 2 fully saturated rings. The van der Waals surface area contributed by atoms with E-state index in [0.717, 1.165) is 31.9 Å². The van der Waals surface area contributed by atoms with Crippen LogP contribution in [-0.4, -0.2) is 68.1 Å². The van der Waals surface area contributed by atoms with Gasteiger partial charge in [-0.1, -0.05) is 6.07 Å². The number of amides is 2. The molecule has 126 valence electrons. The summed E-state index contributed by atoms with van der Waals surface area (Å²) in [5.74, 6) is 1.46. The second kappa shape index (κ2) is 6.35. The summed E-state index contributed by atoms with van der Waals surface area (Å²) in [5.41, 5.74) is 0.295. The maximum Gasteiger partial charge on any atom is 0.323 e. The first kappa shape index (κ1) is 16.1. The Bertz CT molecular complexity index is 576. The molecule has 1 N–H and O–H groups in total. The molecule has 1 aromatic rings. The minimum atomic E-state index is -0.0292. The monoisotopic (exact) mass is 317 g/mol. The van der Waals surface area contributed by atoms with Gasteiger partial charge < -0.3 is 14.7 Å². The van der Waals surface area contributed by atoms with Crippen LogP contribution in [-0.2, 0) is 0 Å². The zero-order chi connectivity index (χ0) is 16.4. The first-order chi connectivity index (χ1) is 11.0. The molecule has 0 bridgehead atoms. The minimum absolute atomic E-state index is 0.0292. The van der Waals surface area contributed by atoms with E-state index in [2.05, 4.69) is 22.2 Å². The van der Waals surface area contributed by atoms with Gasteiger partial charge in [-0.15, -0.1) is 0 Å². The molecule has 3 heterocycles. The highest BCUT2D eigenvalue weighted by atomic mass is 16.2. The predicted molar refractivity (Wildman–Crippen MR) is 92.9 cm³/mol. The van der Waals surface area contributed by atoms with Crippen molar-refractivity contribution in [2.24, 2.45) is 5.41 Å². The second-order valence-corrected chi connectivity index (χ2v) is 7.22. The largest absolute Gasteiger partial charge is 0.363 e. The van der Waals surface area contributed by atoms with Gasteiger partial charge in [0.2, 0.25) is 0 Å². The third kappa shape index (κ3) is 3.58. The summed E-state index contributed by atoms with van der Waals surface area (Å²) in [6.45, 7) is 3.98. The highest BCUT2D eigenvalue weighted by Crippen LogP contribution is 2.38. The molecule has 0 aromatic carbocycles. The lowest BCUT2D eigenvalue weighted by atomic mass is 9.79. The number of likely N-dealkylation sites (tertiary alicyclic amines) is 2. The fourth-order valence-corrected chi connectivity index (χ4v) is 3.83. The van der Waals surface area contributed by atoms with E-state index in [-0.39, 0.29) is 6.03 Å². The lowest BCUT2D eigenvalue weighted by Gasteiger charge is -2.38. The molecule has 0 saturated carbocycles. The molecule has 1 unspecified atom stereocenters. The van der Waals surface area contributed by atoms with Gasteiger partial charge in [-0.2, -0.15) is 0 Å². The Morgan fingerprint density at radius 1 is 1.26 bits per heavy atom. The number of anilines is 2. The van der Waals surface area contributed by atoms with E-state index >= 15 is 0 Å². The summed E-state index contributed by atoms with van der Waals surface area (Å²) < 4.78 is 0. The Morgan fingerprint density at radius 3 is 2.83 bits per heavy atom. The van der Waals surface area contributed by atoms with E-state index in [1.54, 1.807) is 0 Å². The Hall–Kier alpha value is -1.82. The summed E-state index contributed by atoms with van der Waals surface area (Å²) >= 11 is 0. The summed E-state index contributed by atoms with van der Waals surface area (Å²) in [4.78, 5) is 23.3. The average molecular weight is 317 g/mol. The molecule has 0 radical (unpaired) electrons. The van der Waals surface area contributed by atoms with Gasteiger partial charge in [0.1, 0.15) is 11.6 Å². The molecule has 23 heavy (non-hydrogen) atoms. The van der Waals surface area contributed by atoms with E-state index in [4.69, 9.17) is 0 Å². The zero-order valence-electron chi connectivity index (χ0n) is 14.4. The highest BCUT2D eigenvalue weighted by molar-refractivity contribution is 5.88. The molecule has 2 aliphatic heterocycles. The lowest BCUT2D eigenvalue weighted by molar-refractivity contribution is 0.117. The van der Waals surface area contributed by atoms with Gasteiger partial charge in [-0.3, -0.25) is 5.32 Å². The van der Waals surface area contributed by atoms with E-state index < -0.39 is 0 Å². The molecule has 1 aromatic heterocycles. The molecular weight excluding hydrogens is 290 g/mol. The Morgan fingerprint density at radius 2 is 2.09 bits per heavy atom. The van der Waals surface area contributed by atoms with Crippen molar-refractivity contribution in [3.05, 3.63) is 18.2 Å². The maximum absolute atomic E-state index is 12.6. The van der Waals surface area contributed by atoms with Crippen molar-refractivity contribution in [3.8, 4) is 0 Å². The number of nitrogens with one attached hydrogen (secondary N) is 1. The SMILES string of the molecule is CN1CCCC2(CCN(C(=O)Nc3cccc(N(C)C)n3)C2)C1. The van der Waals surface area contributed by atoms with Crippen molar-refractivity contribution in [1.82, 2.24) is 14.8 Å². The molecule has 3 rings (SSSR count). The lowest BCUT2D eigenvalue weighted by Crippen LogP contribution is -2.44. The van der Waals surface area contributed by atoms with Crippen LogP contribution in [0.25, 0.3) is 0 Å². The van der Waals surface area contributed by atoms with Gasteiger partial charge >= 0.3 is 6.03 Å². The number of aromatic nitrogens is 1.